The first-order valence-corrected chi connectivity index (χ1v) is 5.03. The molecule has 0 saturated heterocycles. The average molecular weight is 253 g/mol. The molecule has 0 aliphatic carbocycles. The first-order valence-electron chi connectivity index (χ1n) is 3.90. The Bertz CT molecular complexity index is 409. The third kappa shape index (κ3) is 1.88. The van der Waals surface area contributed by atoms with Crippen molar-refractivity contribution in [2.45, 2.75) is 10.2 Å². The van der Waals surface area contributed by atoms with Crippen molar-refractivity contribution >= 4 is 46.2 Å². The van der Waals surface area contributed by atoms with Crippen LogP contribution in [0.25, 0.3) is 0 Å². The van der Waals surface area contributed by atoms with Gasteiger partial charge in [-0.05, 0) is 17.7 Å². The van der Waals surface area contributed by atoms with E-state index in [-0.39, 0.29) is 5.82 Å². The number of fused-ring (bicyclic) bond motifs is 1. The van der Waals surface area contributed by atoms with Gasteiger partial charge >= 0.3 is 0 Å². The maximum Gasteiger partial charge on any atom is 0.229 e. The number of hydrogen-bond donors (Lipinski definition) is 0. The van der Waals surface area contributed by atoms with Crippen molar-refractivity contribution in [3.8, 4) is 0 Å². The molecular weight excluding hydrogens is 247 g/mol. The molecule has 1 aromatic rings. The fourth-order valence-electron chi connectivity index (χ4n) is 1.32. The van der Waals surface area contributed by atoms with Gasteiger partial charge in [-0.3, -0.25) is 4.99 Å². The molecule has 1 aliphatic rings. The summed E-state index contributed by atoms with van der Waals surface area (Å²) in [5.41, 5.74) is 1.86. The molecule has 0 saturated carbocycles. The zero-order valence-corrected chi connectivity index (χ0v) is 9.17. The summed E-state index contributed by atoms with van der Waals surface area (Å²) in [5.74, 6) is -0.335. The van der Waals surface area contributed by atoms with Crippen LogP contribution in [0, 0.1) is 5.82 Å². The van der Waals surface area contributed by atoms with Crippen LogP contribution in [0.15, 0.2) is 23.2 Å². The normalized spacial score (nSPS) is 15.3. The lowest BCUT2D eigenvalue weighted by Crippen LogP contribution is -2.18. The van der Waals surface area contributed by atoms with Gasteiger partial charge in [-0.25, -0.2) is 4.39 Å². The minimum atomic E-state index is -1.50. The fourth-order valence-corrected chi connectivity index (χ4v) is 1.65. The molecule has 0 unspecified atom stereocenters. The molecule has 14 heavy (non-hydrogen) atoms. The molecule has 0 N–H and O–H groups in total. The molecule has 5 heteroatoms. The van der Waals surface area contributed by atoms with E-state index in [1.807, 2.05) is 0 Å². The van der Waals surface area contributed by atoms with Gasteiger partial charge in [-0.2, -0.15) is 0 Å². The Morgan fingerprint density at radius 3 is 2.64 bits per heavy atom. The Kier molecular flexibility index (Phi) is 2.46. The predicted molar refractivity (Wildman–Crippen MR) is 57.5 cm³/mol. The van der Waals surface area contributed by atoms with Gasteiger partial charge in [0.25, 0.3) is 0 Å². The van der Waals surface area contributed by atoms with Crippen molar-refractivity contribution in [3.63, 3.8) is 0 Å². The van der Waals surface area contributed by atoms with Crippen LogP contribution < -0.4 is 0 Å². The molecular formula is C9H5Cl3FN. The molecule has 0 fully saturated rings. The SMILES string of the molecule is Fc1ccc2c(c1)N=C(C(Cl)(Cl)Cl)C2. The van der Waals surface area contributed by atoms with Gasteiger partial charge in [-0.1, -0.05) is 40.9 Å². The largest absolute Gasteiger partial charge is 0.253 e. The van der Waals surface area contributed by atoms with Gasteiger partial charge in [-0.15, -0.1) is 0 Å². The van der Waals surface area contributed by atoms with Crippen molar-refractivity contribution in [2.75, 3.05) is 0 Å². The number of rotatable bonds is 0. The van der Waals surface area contributed by atoms with Crippen LogP contribution in [0.5, 0.6) is 0 Å². The smallest absolute Gasteiger partial charge is 0.229 e. The number of alkyl halides is 3. The summed E-state index contributed by atoms with van der Waals surface area (Å²) >= 11 is 17.0. The van der Waals surface area contributed by atoms with Gasteiger partial charge in [0.1, 0.15) is 5.82 Å². The van der Waals surface area contributed by atoms with Gasteiger partial charge in [0.05, 0.1) is 11.4 Å². The van der Waals surface area contributed by atoms with E-state index in [4.69, 9.17) is 34.8 Å². The molecule has 2 rings (SSSR count). The first-order chi connectivity index (χ1) is 6.47. The molecule has 0 amide bonds. The molecule has 1 heterocycles. The number of hydrogen-bond acceptors (Lipinski definition) is 1. The van der Waals surface area contributed by atoms with Crippen molar-refractivity contribution in [1.29, 1.82) is 0 Å². The molecule has 1 aromatic carbocycles. The number of halogens is 4. The molecule has 0 bridgehead atoms. The summed E-state index contributed by atoms with van der Waals surface area (Å²) in [6.45, 7) is 0. The molecule has 74 valence electrons. The van der Waals surface area contributed by atoms with E-state index in [0.29, 0.717) is 17.8 Å². The highest BCUT2D eigenvalue weighted by Crippen LogP contribution is 2.37. The lowest BCUT2D eigenvalue weighted by molar-refractivity contribution is 0.628. The summed E-state index contributed by atoms with van der Waals surface area (Å²) in [6.07, 6.45) is 0.464. The number of benzene rings is 1. The van der Waals surface area contributed by atoms with E-state index in [2.05, 4.69) is 4.99 Å². The molecule has 0 aromatic heterocycles. The quantitative estimate of drug-likeness (QED) is 0.622. The molecule has 1 aliphatic heterocycles. The van der Waals surface area contributed by atoms with Crippen molar-refractivity contribution < 1.29 is 4.39 Å². The van der Waals surface area contributed by atoms with Crippen LogP contribution in [0.4, 0.5) is 10.1 Å². The first kappa shape index (κ1) is 10.2. The summed E-state index contributed by atoms with van der Waals surface area (Å²) in [7, 11) is 0. The summed E-state index contributed by atoms with van der Waals surface area (Å²) in [5, 5.41) is 0. The maximum atomic E-state index is 12.8. The van der Waals surface area contributed by atoms with Crippen LogP contribution in [0.2, 0.25) is 0 Å². The third-order valence-electron chi connectivity index (χ3n) is 1.99. The van der Waals surface area contributed by atoms with E-state index in [9.17, 15) is 4.39 Å². The Labute approximate surface area is 95.5 Å². The van der Waals surface area contributed by atoms with E-state index in [1.165, 1.54) is 12.1 Å². The third-order valence-corrected chi connectivity index (χ3v) is 2.64. The Hall–Kier alpha value is -0.310. The second-order valence-corrected chi connectivity index (χ2v) is 5.29. The second kappa shape index (κ2) is 3.37. The van der Waals surface area contributed by atoms with Crippen LogP contribution >= 0.6 is 34.8 Å². The van der Waals surface area contributed by atoms with Crippen LogP contribution in [-0.4, -0.2) is 9.50 Å². The lowest BCUT2D eigenvalue weighted by Gasteiger charge is -2.08. The number of aliphatic imine (C=N–C) groups is 1. The average Bonchev–Trinajstić information content (AvgIpc) is 2.45. The highest BCUT2D eigenvalue weighted by molar-refractivity contribution is 6.77. The maximum absolute atomic E-state index is 12.8. The highest BCUT2D eigenvalue weighted by Gasteiger charge is 2.31. The van der Waals surface area contributed by atoms with Gasteiger partial charge in [0.2, 0.25) is 3.79 Å². The highest BCUT2D eigenvalue weighted by atomic mass is 35.6. The lowest BCUT2D eigenvalue weighted by atomic mass is 10.1. The van der Waals surface area contributed by atoms with E-state index in [1.54, 1.807) is 6.07 Å². The minimum absolute atomic E-state index is 0.335. The van der Waals surface area contributed by atoms with Crippen LogP contribution in [-0.2, 0) is 6.42 Å². The van der Waals surface area contributed by atoms with Crippen molar-refractivity contribution in [3.05, 3.63) is 29.6 Å². The predicted octanol–water partition coefficient (Wildman–Crippen LogP) is 3.82. The minimum Gasteiger partial charge on any atom is -0.253 e. The monoisotopic (exact) mass is 251 g/mol. The van der Waals surface area contributed by atoms with Crippen LogP contribution in [0.1, 0.15) is 5.56 Å². The van der Waals surface area contributed by atoms with Crippen molar-refractivity contribution in [1.82, 2.24) is 0 Å². The molecule has 0 atom stereocenters. The van der Waals surface area contributed by atoms with Gasteiger partial charge in [0, 0.05) is 6.42 Å². The Morgan fingerprint density at radius 1 is 1.29 bits per heavy atom. The van der Waals surface area contributed by atoms with Crippen molar-refractivity contribution in [2.24, 2.45) is 4.99 Å². The van der Waals surface area contributed by atoms with E-state index >= 15 is 0 Å². The zero-order chi connectivity index (χ0) is 10.3. The Balaban J connectivity index is 2.39. The second-order valence-electron chi connectivity index (χ2n) is 3.01. The molecule has 1 nitrogen and oxygen atoms in total. The molecule has 0 spiro atoms. The van der Waals surface area contributed by atoms with E-state index in [0.717, 1.165) is 5.56 Å². The zero-order valence-electron chi connectivity index (χ0n) is 6.90. The van der Waals surface area contributed by atoms with E-state index < -0.39 is 3.79 Å². The van der Waals surface area contributed by atoms with Gasteiger partial charge in [0.15, 0.2) is 0 Å². The summed E-state index contributed by atoms with van der Waals surface area (Å²) < 4.78 is 11.3. The topological polar surface area (TPSA) is 12.4 Å². The fraction of sp³-hybridized carbons (Fsp3) is 0.222. The number of nitrogens with zero attached hydrogens (tertiary/aromatic N) is 1. The molecule has 0 radical (unpaired) electrons. The Morgan fingerprint density at radius 2 is 2.00 bits per heavy atom. The summed E-state index contributed by atoms with van der Waals surface area (Å²) in [4.78, 5) is 4.06. The summed E-state index contributed by atoms with van der Waals surface area (Å²) in [6, 6.07) is 4.35. The van der Waals surface area contributed by atoms with Gasteiger partial charge < -0.3 is 0 Å². The standard InChI is InChI=1S/C9H5Cl3FN/c10-9(11,12)8-3-5-1-2-6(13)4-7(5)14-8/h1-2,4H,3H2. The van der Waals surface area contributed by atoms with Crippen LogP contribution in [0.3, 0.4) is 0 Å².